The van der Waals surface area contributed by atoms with E-state index in [-0.39, 0.29) is 40.4 Å². The lowest BCUT2D eigenvalue weighted by Gasteiger charge is -2.25. The van der Waals surface area contributed by atoms with Gasteiger partial charge >= 0.3 is 5.97 Å². The number of pyridine rings is 1. The van der Waals surface area contributed by atoms with Gasteiger partial charge in [0.2, 0.25) is 0 Å². The normalized spacial score (nSPS) is 16.8. The zero-order valence-electron chi connectivity index (χ0n) is 19.6. The summed E-state index contributed by atoms with van der Waals surface area (Å²) in [6, 6.07) is 13.3. The molecule has 1 N–H and O–H groups in total. The number of esters is 1. The maximum atomic E-state index is 14.1. The molecule has 1 aromatic heterocycles. The Morgan fingerprint density at radius 3 is 2.61 bits per heavy atom. The number of methoxy groups -OCH3 is 1. The minimum Gasteiger partial charge on any atom is -0.507 e. The average Bonchev–Trinajstić information content (AvgIpc) is 3.17. The van der Waals surface area contributed by atoms with Crippen molar-refractivity contribution in [3.05, 3.63) is 95.1 Å². The molecule has 2 heterocycles. The Labute approximate surface area is 206 Å². The zero-order valence-corrected chi connectivity index (χ0v) is 19.6. The molecule has 0 saturated carbocycles. The largest absolute Gasteiger partial charge is 0.507 e. The second kappa shape index (κ2) is 10.4. The van der Waals surface area contributed by atoms with Gasteiger partial charge in [0.25, 0.3) is 11.7 Å². The highest BCUT2D eigenvalue weighted by molar-refractivity contribution is 6.51. The van der Waals surface area contributed by atoms with E-state index in [0.717, 1.165) is 17.0 Å². The minimum absolute atomic E-state index is 0.0895. The Hall–Kier alpha value is -4.53. The van der Waals surface area contributed by atoms with Crippen LogP contribution < -0.4 is 9.64 Å². The Balaban J connectivity index is 1.90. The number of rotatable bonds is 7. The summed E-state index contributed by atoms with van der Waals surface area (Å²) in [6.45, 7) is 2.10. The topological polar surface area (TPSA) is 106 Å². The lowest BCUT2D eigenvalue weighted by molar-refractivity contribution is -0.132. The molecule has 4 rings (SSSR count). The average molecular weight is 490 g/mol. The number of amides is 1. The van der Waals surface area contributed by atoms with Crippen molar-refractivity contribution >= 4 is 29.1 Å². The summed E-state index contributed by atoms with van der Waals surface area (Å²) in [6.07, 6.45) is 2.13. The summed E-state index contributed by atoms with van der Waals surface area (Å²) in [5.41, 5.74) is 0.320. The molecule has 0 bridgehead atoms. The Kier molecular flexibility index (Phi) is 7.10. The van der Waals surface area contributed by atoms with E-state index in [9.17, 15) is 23.9 Å². The number of carbonyl (C=O) groups is 3. The fourth-order valence-electron chi connectivity index (χ4n) is 3.99. The highest BCUT2D eigenvalue weighted by atomic mass is 19.1. The van der Waals surface area contributed by atoms with Crippen molar-refractivity contribution in [1.29, 1.82) is 0 Å². The molecule has 1 unspecified atom stereocenters. The van der Waals surface area contributed by atoms with E-state index < -0.39 is 35.3 Å². The van der Waals surface area contributed by atoms with Crippen molar-refractivity contribution < 1.29 is 33.4 Å². The number of Topliss-reactive ketones (excluding diaryl/α,β-unsaturated/α-hetero) is 1. The van der Waals surface area contributed by atoms with Gasteiger partial charge in [-0.3, -0.25) is 19.5 Å². The third-order valence-corrected chi connectivity index (χ3v) is 5.63. The number of aliphatic hydroxyl groups is 1. The first-order chi connectivity index (χ1) is 17.4. The minimum atomic E-state index is -1.15. The Morgan fingerprint density at radius 2 is 1.92 bits per heavy atom. The highest BCUT2D eigenvalue weighted by Crippen LogP contribution is 2.42. The van der Waals surface area contributed by atoms with Crippen LogP contribution in [0.2, 0.25) is 0 Å². The van der Waals surface area contributed by atoms with E-state index in [1.807, 2.05) is 6.92 Å². The van der Waals surface area contributed by atoms with Gasteiger partial charge in [0.05, 0.1) is 36.1 Å². The molecule has 1 aliphatic heterocycles. The number of ether oxygens (including phenoxy) is 2. The summed E-state index contributed by atoms with van der Waals surface area (Å²) in [7, 11) is 1.34. The molecule has 2 aromatic carbocycles. The Morgan fingerprint density at radius 1 is 1.11 bits per heavy atom. The second-order valence-electron chi connectivity index (χ2n) is 7.95. The highest BCUT2D eigenvalue weighted by Gasteiger charge is 2.48. The number of aliphatic hydroxyl groups excluding tert-OH is 1. The van der Waals surface area contributed by atoms with Crippen molar-refractivity contribution in [3.8, 4) is 5.75 Å². The number of nitrogens with zero attached hydrogens (tertiary/aromatic N) is 2. The fourth-order valence-corrected chi connectivity index (χ4v) is 3.99. The van der Waals surface area contributed by atoms with Crippen LogP contribution in [-0.2, 0) is 14.3 Å². The number of hydrogen-bond donors (Lipinski definition) is 1. The number of anilines is 1. The van der Waals surface area contributed by atoms with Gasteiger partial charge in [-0.15, -0.1) is 0 Å². The second-order valence-corrected chi connectivity index (χ2v) is 7.95. The van der Waals surface area contributed by atoms with Gasteiger partial charge in [-0.05, 0) is 55.0 Å². The predicted octanol–water partition coefficient (Wildman–Crippen LogP) is 4.42. The first-order valence-corrected chi connectivity index (χ1v) is 11.2. The van der Waals surface area contributed by atoms with E-state index in [0.29, 0.717) is 6.42 Å². The maximum Gasteiger partial charge on any atom is 0.338 e. The van der Waals surface area contributed by atoms with Gasteiger partial charge in [0.1, 0.15) is 23.4 Å². The van der Waals surface area contributed by atoms with Crippen LogP contribution in [0.5, 0.6) is 5.75 Å². The van der Waals surface area contributed by atoms with Gasteiger partial charge in [0.15, 0.2) is 0 Å². The number of aromatic nitrogens is 1. The summed E-state index contributed by atoms with van der Waals surface area (Å²) >= 11 is 0. The van der Waals surface area contributed by atoms with Crippen molar-refractivity contribution in [2.75, 3.05) is 18.6 Å². The number of hydrogen-bond acceptors (Lipinski definition) is 7. The van der Waals surface area contributed by atoms with Gasteiger partial charge in [-0.2, -0.15) is 0 Å². The quantitative estimate of drug-likeness (QED) is 0.226. The molecule has 1 aliphatic rings. The third-order valence-electron chi connectivity index (χ3n) is 5.63. The first kappa shape index (κ1) is 24.6. The summed E-state index contributed by atoms with van der Waals surface area (Å²) < 4.78 is 24.5. The van der Waals surface area contributed by atoms with Gasteiger partial charge in [-0.25, -0.2) is 9.18 Å². The number of benzene rings is 2. The molecule has 1 fully saturated rings. The van der Waals surface area contributed by atoms with Crippen LogP contribution in [0.25, 0.3) is 5.76 Å². The monoisotopic (exact) mass is 490 g/mol. The van der Waals surface area contributed by atoms with Crippen molar-refractivity contribution in [1.82, 2.24) is 4.98 Å². The van der Waals surface area contributed by atoms with Crippen molar-refractivity contribution in [2.24, 2.45) is 0 Å². The molecule has 0 spiro atoms. The van der Waals surface area contributed by atoms with Crippen LogP contribution in [0.1, 0.15) is 41.0 Å². The molecule has 1 saturated heterocycles. The standard InChI is InChI=1S/C27H23FN2O6/c1-3-13-36-27(34)16-7-6-8-18(14-16)30-23(20-9-4-5-12-29-20)22(25(32)26(30)33)24(31)19-15-17(28)10-11-21(19)35-2/h4-12,14-15,23,31H,3,13H2,1-2H3/b24-22+. The fraction of sp³-hybridized carbons (Fsp3) is 0.185. The molecule has 8 nitrogen and oxygen atoms in total. The summed E-state index contributed by atoms with van der Waals surface area (Å²) in [4.78, 5) is 44.4. The van der Waals surface area contributed by atoms with E-state index in [2.05, 4.69) is 4.98 Å². The van der Waals surface area contributed by atoms with E-state index in [1.54, 1.807) is 30.3 Å². The summed E-state index contributed by atoms with van der Waals surface area (Å²) in [5.74, 6) is -3.68. The molecule has 9 heteroatoms. The number of ketones is 1. The molecular formula is C27H23FN2O6. The van der Waals surface area contributed by atoms with Crippen molar-refractivity contribution in [2.45, 2.75) is 19.4 Å². The molecule has 184 valence electrons. The van der Waals surface area contributed by atoms with Gasteiger partial charge in [-0.1, -0.05) is 19.1 Å². The SMILES string of the molecule is CCCOC(=O)c1cccc(N2C(=O)C(=O)/C(=C(/O)c3cc(F)ccc3OC)C2c2ccccn2)c1. The van der Waals surface area contributed by atoms with E-state index >= 15 is 0 Å². The molecular weight excluding hydrogens is 467 g/mol. The third kappa shape index (κ3) is 4.55. The first-order valence-electron chi connectivity index (χ1n) is 11.2. The predicted molar refractivity (Wildman–Crippen MR) is 129 cm³/mol. The number of halogens is 1. The number of carbonyl (C=O) groups excluding carboxylic acids is 3. The summed E-state index contributed by atoms with van der Waals surface area (Å²) in [5, 5.41) is 11.2. The smallest absolute Gasteiger partial charge is 0.338 e. The van der Waals surface area contributed by atoms with Gasteiger partial charge in [0, 0.05) is 11.9 Å². The zero-order chi connectivity index (χ0) is 25.8. The molecule has 1 atom stereocenters. The van der Waals surface area contributed by atoms with Gasteiger partial charge < -0.3 is 14.6 Å². The molecule has 0 aliphatic carbocycles. The van der Waals surface area contributed by atoms with E-state index in [4.69, 9.17) is 9.47 Å². The van der Waals surface area contributed by atoms with Crippen LogP contribution in [0.4, 0.5) is 10.1 Å². The molecule has 0 radical (unpaired) electrons. The molecule has 36 heavy (non-hydrogen) atoms. The Bertz CT molecular complexity index is 1360. The van der Waals surface area contributed by atoms with Crippen LogP contribution in [0.3, 0.4) is 0 Å². The molecule has 3 aromatic rings. The van der Waals surface area contributed by atoms with Crippen LogP contribution in [0.15, 0.2) is 72.4 Å². The van der Waals surface area contributed by atoms with Crippen LogP contribution in [-0.4, -0.2) is 41.5 Å². The van der Waals surface area contributed by atoms with Crippen molar-refractivity contribution in [3.63, 3.8) is 0 Å². The van der Waals surface area contributed by atoms with Crippen LogP contribution >= 0.6 is 0 Å². The lowest BCUT2D eigenvalue weighted by Crippen LogP contribution is -2.30. The lowest BCUT2D eigenvalue weighted by atomic mass is 9.97. The van der Waals surface area contributed by atoms with Crippen LogP contribution in [0, 0.1) is 5.82 Å². The van der Waals surface area contributed by atoms with E-state index in [1.165, 1.54) is 31.5 Å². The molecule has 1 amide bonds. The maximum absolute atomic E-state index is 14.1.